The van der Waals surface area contributed by atoms with Crippen molar-refractivity contribution in [1.29, 1.82) is 0 Å². The molecule has 0 bridgehead atoms. The summed E-state index contributed by atoms with van der Waals surface area (Å²) in [4.78, 5) is 0. The van der Waals surface area contributed by atoms with Gasteiger partial charge in [-0.05, 0) is 28.6 Å². The first kappa shape index (κ1) is 28.5. The number of hydrogen-bond acceptors (Lipinski definition) is 0. The molecule has 2 fully saturated rings. The average Bonchev–Trinajstić information content (AvgIpc) is 2.87. The van der Waals surface area contributed by atoms with Gasteiger partial charge in [-0.1, -0.05) is 115 Å². The molecule has 5 rings (SSSR count). The Balaban J connectivity index is 0.00000121. The van der Waals surface area contributed by atoms with Gasteiger partial charge >= 0.3 is 26.2 Å². The van der Waals surface area contributed by atoms with Crippen molar-refractivity contribution in [2.24, 2.45) is 43.8 Å². The van der Waals surface area contributed by atoms with Gasteiger partial charge in [0.05, 0.1) is 0 Å². The van der Waals surface area contributed by atoms with Gasteiger partial charge in [0.15, 0.2) is 0 Å². The summed E-state index contributed by atoms with van der Waals surface area (Å²) in [5, 5.41) is 0. The fourth-order valence-corrected chi connectivity index (χ4v) is 9.24. The number of rotatable bonds is 0. The quantitative estimate of drug-likeness (QED) is 0.355. The third-order valence-corrected chi connectivity index (χ3v) is 12.0. The zero-order valence-corrected chi connectivity index (χ0v) is 26.4. The molecule has 0 saturated heterocycles. The summed E-state index contributed by atoms with van der Waals surface area (Å²) in [6.45, 7) is 20.3. The Morgan fingerprint density at radius 1 is 0.656 bits per heavy atom. The fraction of sp³-hybridized carbons (Fsp3) is 0.552. The molecular formula is C29H37Br2Zr. The molecule has 2 saturated carbocycles. The topological polar surface area (TPSA) is 0 Å². The fourth-order valence-electron chi connectivity index (χ4n) is 9.24. The van der Waals surface area contributed by atoms with Gasteiger partial charge in [-0.3, -0.25) is 0 Å². The monoisotopic (exact) mass is 633 g/mol. The summed E-state index contributed by atoms with van der Waals surface area (Å²) in [6.07, 6.45) is 29.3. The minimum absolute atomic E-state index is 0. The van der Waals surface area contributed by atoms with Gasteiger partial charge in [-0.15, -0.1) is 17.4 Å². The number of fused-ring (bicyclic) bond motifs is 8. The van der Waals surface area contributed by atoms with Crippen molar-refractivity contribution in [2.75, 3.05) is 0 Å². The van der Waals surface area contributed by atoms with Crippen LogP contribution in [0.25, 0.3) is 0 Å². The molecule has 171 valence electrons. The van der Waals surface area contributed by atoms with E-state index in [0.717, 1.165) is 0 Å². The van der Waals surface area contributed by atoms with E-state index in [1.54, 1.807) is 0 Å². The Hall–Kier alpha value is 0.283. The predicted molar refractivity (Wildman–Crippen MR) is 124 cm³/mol. The van der Waals surface area contributed by atoms with Crippen LogP contribution in [-0.4, -0.2) is 0 Å². The number of hydrogen-bond donors (Lipinski definition) is 0. The Bertz CT molecular complexity index is 987. The third kappa shape index (κ3) is 2.39. The summed E-state index contributed by atoms with van der Waals surface area (Å²) in [5.74, 6) is 0.460. The molecular weight excluding hydrogens is 599 g/mol. The molecule has 0 aromatic carbocycles. The maximum absolute atomic E-state index is 2.75. The van der Waals surface area contributed by atoms with Crippen LogP contribution in [0.4, 0.5) is 0 Å². The van der Waals surface area contributed by atoms with Crippen molar-refractivity contribution in [2.45, 2.75) is 55.4 Å². The maximum Gasteiger partial charge on any atom is 3.00 e. The van der Waals surface area contributed by atoms with E-state index in [9.17, 15) is 0 Å². The molecule has 32 heavy (non-hydrogen) atoms. The van der Waals surface area contributed by atoms with Crippen LogP contribution in [0.5, 0.6) is 0 Å². The second-order valence-corrected chi connectivity index (χ2v) is 11.7. The van der Waals surface area contributed by atoms with Crippen molar-refractivity contribution in [3.63, 3.8) is 0 Å². The number of halogens is 2. The third-order valence-electron chi connectivity index (χ3n) is 12.0. The predicted octanol–water partition coefficient (Wildman–Crippen LogP) is 1.65. The molecule has 0 aliphatic heterocycles. The molecule has 8 atom stereocenters. The zero-order valence-electron chi connectivity index (χ0n) is 20.8. The Kier molecular flexibility index (Phi) is 7.04. The molecule has 0 aromatic heterocycles. The van der Waals surface area contributed by atoms with Crippen molar-refractivity contribution < 1.29 is 60.2 Å². The Morgan fingerprint density at radius 3 is 1.62 bits per heavy atom. The Labute approximate surface area is 236 Å². The van der Waals surface area contributed by atoms with E-state index in [0.29, 0.717) is 5.92 Å². The van der Waals surface area contributed by atoms with E-state index in [1.807, 2.05) is 0 Å². The second-order valence-electron chi connectivity index (χ2n) is 11.7. The van der Waals surface area contributed by atoms with Crippen LogP contribution in [0, 0.1) is 50.2 Å². The summed E-state index contributed by atoms with van der Waals surface area (Å²) in [7, 11) is 0. The van der Waals surface area contributed by atoms with Gasteiger partial charge in [0.25, 0.3) is 0 Å². The molecule has 0 aromatic rings. The SMILES string of the molecule is CC1=CC=CC2[CH-]C3(C)C4(C)C=CC=CC4(C)C4(C)C=CC=CC4(C)C3(C)C12C.[Br-].[Br-].[Zr+3]. The summed E-state index contributed by atoms with van der Waals surface area (Å²) in [5.41, 5.74) is 1.73. The van der Waals surface area contributed by atoms with Gasteiger partial charge in [0.1, 0.15) is 0 Å². The maximum atomic E-state index is 2.75. The van der Waals surface area contributed by atoms with Crippen LogP contribution in [0.2, 0.25) is 0 Å². The molecule has 0 nitrogen and oxygen atoms in total. The van der Waals surface area contributed by atoms with Crippen LogP contribution in [0.1, 0.15) is 55.4 Å². The zero-order chi connectivity index (χ0) is 21.1. The van der Waals surface area contributed by atoms with Crippen LogP contribution >= 0.6 is 0 Å². The van der Waals surface area contributed by atoms with Gasteiger partial charge in [0, 0.05) is 10.8 Å². The summed E-state index contributed by atoms with van der Waals surface area (Å²) in [6, 6.07) is 0. The standard InChI is InChI=1S/C29H37.2BrH.Zr/c1-21-14-13-15-22-20-27(6)25(4)18-10-9-16-23(25,2)24(3)17-11-12-19-26(24,5)29(27,8)28(21,22)7;;;/h9-20,22H,1-8H3;2*1H;/q-1;;;+3/p-2. The van der Waals surface area contributed by atoms with E-state index < -0.39 is 0 Å². The molecule has 0 amide bonds. The minimum atomic E-state index is 0. The van der Waals surface area contributed by atoms with E-state index in [-0.39, 0.29) is 98.1 Å². The van der Waals surface area contributed by atoms with Crippen LogP contribution in [0.15, 0.2) is 72.4 Å². The first-order valence-corrected chi connectivity index (χ1v) is 11.4. The van der Waals surface area contributed by atoms with E-state index in [4.69, 9.17) is 0 Å². The van der Waals surface area contributed by atoms with Gasteiger partial charge in [-0.25, -0.2) is 0 Å². The molecule has 3 heteroatoms. The molecule has 1 radical (unpaired) electrons. The van der Waals surface area contributed by atoms with E-state index >= 15 is 0 Å². The average molecular weight is 637 g/mol. The molecule has 8 unspecified atom stereocenters. The van der Waals surface area contributed by atoms with E-state index in [2.05, 4.69) is 129 Å². The first-order valence-electron chi connectivity index (χ1n) is 11.4. The molecule has 5 aliphatic rings. The number of allylic oxidation sites excluding steroid dienone is 12. The first-order chi connectivity index (χ1) is 13.4. The summed E-state index contributed by atoms with van der Waals surface area (Å²) >= 11 is 0. The van der Waals surface area contributed by atoms with Gasteiger partial charge in [-0.2, -0.15) is 0 Å². The van der Waals surface area contributed by atoms with Crippen molar-refractivity contribution in [3.8, 4) is 0 Å². The molecule has 0 N–H and O–H groups in total. The van der Waals surface area contributed by atoms with Crippen molar-refractivity contribution >= 4 is 0 Å². The van der Waals surface area contributed by atoms with E-state index in [1.165, 1.54) is 5.57 Å². The smallest absolute Gasteiger partial charge is 1.00 e. The largest absolute Gasteiger partial charge is 3.00 e. The van der Waals surface area contributed by atoms with Crippen molar-refractivity contribution in [1.82, 2.24) is 0 Å². The Morgan fingerprint density at radius 2 is 1.09 bits per heavy atom. The van der Waals surface area contributed by atoms with Gasteiger partial charge in [0.2, 0.25) is 0 Å². The minimum Gasteiger partial charge on any atom is -1.00 e. The second kappa shape index (κ2) is 7.89. The van der Waals surface area contributed by atoms with Crippen LogP contribution in [-0.2, 0) is 26.2 Å². The molecule has 5 aliphatic carbocycles. The normalized spacial score (nSPS) is 53.5. The van der Waals surface area contributed by atoms with Crippen LogP contribution in [0.3, 0.4) is 0 Å². The van der Waals surface area contributed by atoms with Crippen molar-refractivity contribution in [3.05, 3.63) is 78.8 Å². The summed E-state index contributed by atoms with van der Waals surface area (Å²) < 4.78 is 0. The van der Waals surface area contributed by atoms with Crippen LogP contribution < -0.4 is 34.0 Å². The van der Waals surface area contributed by atoms with Gasteiger partial charge < -0.3 is 40.4 Å². The molecule has 0 spiro atoms. The molecule has 0 heterocycles.